The second-order valence-corrected chi connectivity index (χ2v) is 2.65. The third-order valence-electron chi connectivity index (χ3n) is 1.91. The van der Waals surface area contributed by atoms with E-state index in [1.165, 1.54) is 18.2 Å². The average molecular weight is 135 g/mol. The smallest absolute Gasteiger partial charge is 0.134 e. The van der Waals surface area contributed by atoms with Crippen LogP contribution in [0.15, 0.2) is 12.3 Å². The summed E-state index contributed by atoms with van der Waals surface area (Å²) >= 11 is 0. The van der Waals surface area contributed by atoms with Crippen molar-refractivity contribution in [3.05, 3.63) is 23.5 Å². The van der Waals surface area contributed by atoms with Crippen LogP contribution in [0, 0.1) is 0 Å². The lowest BCUT2D eigenvalue weighted by molar-refractivity contribution is 0.471. The third-order valence-corrected chi connectivity index (χ3v) is 1.91. The van der Waals surface area contributed by atoms with Crippen molar-refractivity contribution in [3.63, 3.8) is 0 Å². The molecule has 1 aliphatic rings. The molecule has 10 heavy (non-hydrogen) atoms. The SMILES string of the molecule is Oc1cnc2c(c1)CCC2. The Morgan fingerprint density at radius 1 is 1.40 bits per heavy atom. The van der Waals surface area contributed by atoms with Crippen molar-refractivity contribution >= 4 is 0 Å². The topological polar surface area (TPSA) is 33.1 Å². The van der Waals surface area contributed by atoms with Crippen LogP contribution in [0.2, 0.25) is 0 Å². The van der Waals surface area contributed by atoms with E-state index in [0.717, 1.165) is 18.5 Å². The van der Waals surface area contributed by atoms with Gasteiger partial charge in [0.25, 0.3) is 0 Å². The number of aryl methyl sites for hydroxylation is 2. The first-order valence-corrected chi connectivity index (χ1v) is 3.53. The predicted molar refractivity (Wildman–Crippen MR) is 37.9 cm³/mol. The van der Waals surface area contributed by atoms with Crippen molar-refractivity contribution in [2.24, 2.45) is 0 Å². The maximum atomic E-state index is 9.03. The molecule has 0 aromatic carbocycles. The number of hydrogen-bond donors (Lipinski definition) is 1. The molecule has 0 spiro atoms. The zero-order chi connectivity index (χ0) is 6.97. The molecule has 1 aromatic rings. The zero-order valence-electron chi connectivity index (χ0n) is 5.67. The fourth-order valence-corrected chi connectivity index (χ4v) is 1.41. The summed E-state index contributed by atoms with van der Waals surface area (Å²) in [5.41, 5.74) is 2.39. The van der Waals surface area contributed by atoms with Crippen LogP contribution in [-0.2, 0) is 12.8 Å². The van der Waals surface area contributed by atoms with Crippen LogP contribution in [0.25, 0.3) is 0 Å². The van der Waals surface area contributed by atoms with Crippen LogP contribution in [0.1, 0.15) is 17.7 Å². The Bertz CT molecular complexity index is 257. The molecule has 0 aliphatic heterocycles. The summed E-state index contributed by atoms with van der Waals surface area (Å²) in [7, 11) is 0. The second kappa shape index (κ2) is 1.97. The van der Waals surface area contributed by atoms with E-state index in [0.29, 0.717) is 5.75 Å². The Kier molecular flexibility index (Phi) is 1.13. The lowest BCUT2D eigenvalue weighted by Gasteiger charge is -1.96. The molecular weight excluding hydrogens is 126 g/mol. The maximum Gasteiger partial charge on any atom is 0.134 e. The molecule has 0 amide bonds. The second-order valence-electron chi connectivity index (χ2n) is 2.65. The number of pyridine rings is 1. The molecule has 1 heterocycles. The predicted octanol–water partition coefficient (Wildman–Crippen LogP) is 1.28. The molecule has 1 aliphatic carbocycles. The van der Waals surface area contributed by atoms with E-state index >= 15 is 0 Å². The Hall–Kier alpha value is -1.05. The molecule has 0 radical (unpaired) electrons. The number of fused-ring (bicyclic) bond motifs is 1. The van der Waals surface area contributed by atoms with E-state index in [9.17, 15) is 0 Å². The highest BCUT2D eigenvalue weighted by Crippen LogP contribution is 2.22. The molecule has 0 atom stereocenters. The molecule has 0 fully saturated rings. The van der Waals surface area contributed by atoms with Gasteiger partial charge < -0.3 is 5.11 Å². The molecule has 1 aromatic heterocycles. The van der Waals surface area contributed by atoms with E-state index in [4.69, 9.17) is 5.11 Å². The highest BCUT2D eigenvalue weighted by Gasteiger charge is 2.11. The molecule has 2 heteroatoms. The molecule has 2 nitrogen and oxygen atoms in total. The van der Waals surface area contributed by atoms with Gasteiger partial charge in [0.1, 0.15) is 5.75 Å². The van der Waals surface area contributed by atoms with Crippen molar-refractivity contribution in [3.8, 4) is 5.75 Å². The van der Waals surface area contributed by atoms with E-state index in [1.807, 2.05) is 6.07 Å². The molecular formula is C8H9NO. The Balaban J connectivity index is 2.52. The lowest BCUT2D eigenvalue weighted by Crippen LogP contribution is -1.85. The van der Waals surface area contributed by atoms with Gasteiger partial charge in [0.15, 0.2) is 0 Å². The highest BCUT2D eigenvalue weighted by molar-refractivity contribution is 5.31. The summed E-state index contributed by atoms with van der Waals surface area (Å²) in [4.78, 5) is 4.11. The van der Waals surface area contributed by atoms with Crippen LogP contribution in [0.4, 0.5) is 0 Å². The van der Waals surface area contributed by atoms with Gasteiger partial charge in [0.2, 0.25) is 0 Å². The van der Waals surface area contributed by atoms with Crippen LogP contribution in [0.5, 0.6) is 5.75 Å². The van der Waals surface area contributed by atoms with E-state index in [2.05, 4.69) is 4.98 Å². The molecule has 0 bridgehead atoms. The van der Waals surface area contributed by atoms with Gasteiger partial charge in [0, 0.05) is 5.69 Å². The summed E-state index contributed by atoms with van der Waals surface area (Å²) in [6, 6.07) is 1.81. The van der Waals surface area contributed by atoms with Crippen molar-refractivity contribution < 1.29 is 5.11 Å². The monoisotopic (exact) mass is 135 g/mol. The van der Waals surface area contributed by atoms with E-state index in [-0.39, 0.29) is 0 Å². The quantitative estimate of drug-likeness (QED) is 0.581. The Labute approximate surface area is 59.5 Å². The van der Waals surface area contributed by atoms with E-state index in [1.54, 1.807) is 0 Å². The Morgan fingerprint density at radius 2 is 2.30 bits per heavy atom. The number of aromatic nitrogens is 1. The molecule has 2 rings (SSSR count). The van der Waals surface area contributed by atoms with Gasteiger partial charge >= 0.3 is 0 Å². The van der Waals surface area contributed by atoms with Crippen molar-refractivity contribution in [2.75, 3.05) is 0 Å². The molecule has 0 saturated heterocycles. The van der Waals surface area contributed by atoms with Crippen LogP contribution >= 0.6 is 0 Å². The summed E-state index contributed by atoms with van der Waals surface area (Å²) < 4.78 is 0. The summed E-state index contributed by atoms with van der Waals surface area (Å²) in [6.45, 7) is 0. The minimum absolute atomic E-state index is 0.292. The third kappa shape index (κ3) is 0.764. The number of nitrogens with zero attached hydrogens (tertiary/aromatic N) is 1. The number of aromatic hydroxyl groups is 1. The largest absolute Gasteiger partial charge is 0.506 e. The normalized spacial score (nSPS) is 15.2. The first kappa shape index (κ1) is 5.71. The highest BCUT2D eigenvalue weighted by atomic mass is 16.3. The standard InChI is InChI=1S/C8H9NO/c10-7-4-6-2-1-3-8(6)9-5-7/h4-5,10H,1-3H2. The minimum atomic E-state index is 0.292. The maximum absolute atomic E-state index is 9.03. The fourth-order valence-electron chi connectivity index (χ4n) is 1.41. The number of rotatable bonds is 0. The van der Waals surface area contributed by atoms with Gasteiger partial charge in [0.05, 0.1) is 6.20 Å². The van der Waals surface area contributed by atoms with Gasteiger partial charge in [-0.05, 0) is 30.9 Å². The van der Waals surface area contributed by atoms with Crippen LogP contribution < -0.4 is 0 Å². The average Bonchev–Trinajstić information content (AvgIpc) is 2.33. The van der Waals surface area contributed by atoms with Gasteiger partial charge in [-0.2, -0.15) is 0 Å². The van der Waals surface area contributed by atoms with Gasteiger partial charge in [-0.15, -0.1) is 0 Å². The fraction of sp³-hybridized carbons (Fsp3) is 0.375. The first-order valence-electron chi connectivity index (χ1n) is 3.53. The van der Waals surface area contributed by atoms with Crippen molar-refractivity contribution in [1.29, 1.82) is 0 Å². The molecule has 0 unspecified atom stereocenters. The van der Waals surface area contributed by atoms with Crippen LogP contribution in [0.3, 0.4) is 0 Å². The Morgan fingerprint density at radius 3 is 3.20 bits per heavy atom. The van der Waals surface area contributed by atoms with Crippen molar-refractivity contribution in [1.82, 2.24) is 4.98 Å². The van der Waals surface area contributed by atoms with Gasteiger partial charge in [-0.25, -0.2) is 0 Å². The summed E-state index contributed by atoms with van der Waals surface area (Å²) in [5.74, 6) is 0.292. The van der Waals surface area contributed by atoms with Gasteiger partial charge in [-0.3, -0.25) is 4.98 Å². The number of hydrogen-bond acceptors (Lipinski definition) is 2. The van der Waals surface area contributed by atoms with Gasteiger partial charge in [-0.1, -0.05) is 0 Å². The molecule has 1 N–H and O–H groups in total. The minimum Gasteiger partial charge on any atom is -0.506 e. The first-order chi connectivity index (χ1) is 4.86. The molecule has 0 saturated carbocycles. The van der Waals surface area contributed by atoms with Crippen LogP contribution in [-0.4, -0.2) is 10.1 Å². The summed E-state index contributed by atoms with van der Waals surface area (Å²) in [6.07, 6.45) is 4.86. The van der Waals surface area contributed by atoms with E-state index < -0.39 is 0 Å². The molecule has 52 valence electrons. The summed E-state index contributed by atoms with van der Waals surface area (Å²) in [5, 5.41) is 9.03. The zero-order valence-corrected chi connectivity index (χ0v) is 5.67. The van der Waals surface area contributed by atoms with Crippen molar-refractivity contribution in [2.45, 2.75) is 19.3 Å². The lowest BCUT2D eigenvalue weighted by atomic mass is 10.2.